The quantitative estimate of drug-likeness (QED) is 0.200. The zero-order valence-corrected chi connectivity index (χ0v) is 28.1. The number of nitrogens with zero attached hydrogens (tertiary/aromatic N) is 4. The fraction of sp³-hybridized carbons (Fsp3) is 0.559. The van der Waals surface area contributed by atoms with Gasteiger partial charge in [-0.3, -0.25) is 9.28 Å². The number of aliphatic imine (C=N–C) groups is 1. The molecule has 0 saturated carbocycles. The number of halogens is 1. The van der Waals surface area contributed by atoms with Gasteiger partial charge in [-0.2, -0.15) is 4.99 Å². The highest BCUT2D eigenvalue weighted by Crippen LogP contribution is 2.51. The predicted molar refractivity (Wildman–Crippen MR) is 177 cm³/mol. The van der Waals surface area contributed by atoms with Gasteiger partial charge >= 0.3 is 6.09 Å². The van der Waals surface area contributed by atoms with Crippen LogP contribution >= 0.6 is 11.8 Å². The van der Waals surface area contributed by atoms with Gasteiger partial charge in [-0.05, 0) is 89.9 Å². The maximum absolute atomic E-state index is 14.0. The molecule has 2 aromatic rings. The van der Waals surface area contributed by atoms with E-state index < -0.39 is 5.60 Å². The van der Waals surface area contributed by atoms with Crippen LogP contribution in [0.25, 0.3) is 11.1 Å². The Kier molecular flexibility index (Phi) is 9.18. The van der Waals surface area contributed by atoms with Crippen LogP contribution in [0.5, 0.6) is 0 Å². The summed E-state index contributed by atoms with van der Waals surface area (Å²) in [6.45, 7) is 14.8. The predicted octanol–water partition coefficient (Wildman–Crippen LogP) is 5.68. The number of nitrogens with one attached hydrogen (secondary N) is 1. The topological polar surface area (TPSA) is 74.2 Å². The van der Waals surface area contributed by atoms with Gasteiger partial charge in [0.05, 0.1) is 30.3 Å². The summed E-state index contributed by atoms with van der Waals surface area (Å²) in [6, 6.07) is 9.01. The van der Waals surface area contributed by atoms with Crippen molar-refractivity contribution in [3.05, 3.63) is 47.3 Å². The third-order valence-electron chi connectivity index (χ3n) is 9.27. The third kappa shape index (κ3) is 6.39. The van der Waals surface area contributed by atoms with Crippen molar-refractivity contribution in [3.63, 3.8) is 0 Å². The minimum absolute atomic E-state index is 0.103. The Bertz CT molecular complexity index is 1430. The Morgan fingerprint density at radius 1 is 1.14 bits per heavy atom. The molecule has 8 nitrogen and oxygen atoms in total. The molecule has 3 atom stereocenters. The van der Waals surface area contributed by atoms with Gasteiger partial charge in [0.2, 0.25) is 6.41 Å². The number of piperazine rings is 1. The van der Waals surface area contributed by atoms with Gasteiger partial charge in [0.1, 0.15) is 23.3 Å². The van der Waals surface area contributed by atoms with Gasteiger partial charge in [0.25, 0.3) is 0 Å². The number of amidine groups is 1. The van der Waals surface area contributed by atoms with Gasteiger partial charge in [-0.15, -0.1) is 11.8 Å². The number of hydrogen-bond donors (Lipinski definition) is 1. The van der Waals surface area contributed by atoms with Crippen LogP contribution in [-0.4, -0.2) is 97.9 Å². The van der Waals surface area contributed by atoms with E-state index in [1.165, 1.54) is 12.1 Å². The van der Waals surface area contributed by atoms with Crippen molar-refractivity contribution in [2.24, 2.45) is 10.9 Å². The number of aryl methyl sites for hydroxylation is 1. The standard InChI is InChI=1S/C34H47FN5O3S/c1-21-13-28(32(37-20-41)38-17-23(3)39(18-22(38)2)33(42)43-34(4,5)6)30-31(29(21)25-9-11-26(35)12-10-25)44-19-27(40(30,7)8)14-24-15-36-16-24/h9-13,20,22-24,27,36H,14-19H2,1-8H3/q+1/t22-,23+,27-/m0/s1. The lowest BCUT2D eigenvalue weighted by molar-refractivity contribution is -0.106. The van der Waals surface area contributed by atoms with Crippen LogP contribution in [0, 0.1) is 18.7 Å². The molecule has 0 aliphatic carbocycles. The number of ether oxygens (including phenoxy) is 1. The first kappa shape index (κ1) is 32.4. The first-order valence-electron chi connectivity index (χ1n) is 15.6. The first-order valence-corrected chi connectivity index (χ1v) is 16.6. The molecular weight excluding hydrogens is 577 g/mol. The SMILES string of the molecule is Cc1cc(C(=NC=O)N2C[C@@H](C)N(C(=O)OC(C)(C)C)C[C@@H]2C)c2c(c1-c1ccc(F)cc1)SC[C@H](CC1CNC1)[N+]2(C)C. The Morgan fingerprint density at radius 3 is 2.36 bits per heavy atom. The summed E-state index contributed by atoms with van der Waals surface area (Å²) >= 11 is 1.86. The second-order valence-corrected chi connectivity index (χ2v) is 15.1. The number of thioether (sulfide) groups is 1. The number of fused-ring (bicyclic) bond motifs is 1. The number of hydrogen-bond acceptors (Lipinski definition) is 5. The van der Waals surface area contributed by atoms with E-state index in [4.69, 9.17) is 4.74 Å². The van der Waals surface area contributed by atoms with Crippen molar-refractivity contribution in [1.29, 1.82) is 0 Å². The second kappa shape index (κ2) is 12.4. The van der Waals surface area contributed by atoms with Crippen molar-refractivity contribution in [3.8, 4) is 11.1 Å². The fourth-order valence-electron chi connectivity index (χ4n) is 6.76. The van der Waals surface area contributed by atoms with Crippen LogP contribution in [0.4, 0.5) is 14.9 Å². The lowest BCUT2D eigenvalue weighted by Crippen LogP contribution is -2.61. The largest absolute Gasteiger partial charge is 0.444 e. The summed E-state index contributed by atoms with van der Waals surface area (Å²) in [5.74, 6) is 1.99. The van der Waals surface area contributed by atoms with Gasteiger partial charge in [-0.1, -0.05) is 12.1 Å². The highest BCUT2D eigenvalue weighted by molar-refractivity contribution is 7.99. The average molecular weight is 625 g/mol. The highest BCUT2D eigenvalue weighted by Gasteiger charge is 2.45. The van der Waals surface area contributed by atoms with Gasteiger partial charge in [0.15, 0.2) is 5.69 Å². The summed E-state index contributed by atoms with van der Waals surface area (Å²) in [4.78, 5) is 34.9. The maximum Gasteiger partial charge on any atom is 0.410 e. The van der Waals surface area contributed by atoms with E-state index in [0.29, 0.717) is 41.8 Å². The van der Waals surface area contributed by atoms with E-state index in [1.54, 1.807) is 4.90 Å². The lowest BCUT2D eigenvalue weighted by Gasteiger charge is -2.48. The molecule has 0 radical (unpaired) electrons. The highest BCUT2D eigenvalue weighted by atomic mass is 32.2. The van der Waals surface area contributed by atoms with Crippen LogP contribution in [-0.2, 0) is 9.53 Å². The summed E-state index contributed by atoms with van der Waals surface area (Å²) in [7, 11) is 4.54. The Morgan fingerprint density at radius 2 is 1.77 bits per heavy atom. The van der Waals surface area contributed by atoms with Crippen LogP contribution in [0.3, 0.4) is 0 Å². The number of quaternary nitrogens is 1. The molecule has 0 bridgehead atoms. The molecule has 0 unspecified atom stereocenters. The van der Waals surface area contributed by atoms with Crippen LogP contribution < -0.4 is 9.80 Å². The number of amides is 2. The van der Waals surface area contributed by atoms with E-state index in [0.717, 1.165) is 58.1 Å². The smallest absolute Gasteiger partial charge is 0.410 e. The second-order valence-electron chi connectivity index (χ2n) is 14.1. The van der Waals surface area contributed by atoms with Gasteiger partial charge in [0, 0.05) is 37.2 Å². The zero-order chi connectivity index (χ0) is 32.0. The Labute approximate surface area is 265 Å². The lowest BCUT2D eigenvalue weighted by atomic mass is 9.90. The van der Waals surface area contributed by atoms with E-state index in [2.05, 4.69) is 49.2 Å². The van der Waals surface area contributed by atoms with Crippen molar-refractivity contribution in [2.75, 3.05) is 46.0 Å². The Hall–Kier alpha value is -2.95. The normalized spacial score (nSPS) is 24.0. The molecule has 5 rings (SSSR count). The summed E-state index contributed by atoms with van der Waals surface area (Å²) < 4.78 is 20.3. The van der Waals surface area contributed by atoms with Crippen molar-refractivity contribution in [1.82, 2.24) is 19.6 Å². The zero-order valence-electron chi connectivity index (χ0n) is 27.3. The van der Waals surface area contributed by atoms with Crippen molar-refractivity contribution >= 4 is 35.8 Å². The minimum Gasteiger partial charge on any atom is -0.444 e. The van der Waals surface area contributed by atoms with Crippen LogP contribution in [0.15, 0.2) is 40.2 Å². The first-order chi connectivity index (χ1) is 20.7. The molecule has 3 heterocycles. The molecule has 2 saturated heterocycles. The molecule has 10 heteroatoms. The van der Waals surface area contributed by atoms with E-state index in [1.807, 2.05) is 51.6 Å². The number of carbonyl (C=O) groups is 2. The number of benzene rings is 2. The molecule has 44 heavy (non-hydrogen) atoms. The van der Waals surface area contributed by atoms with E-state index in [9.17, 15) is 14.0 Å². The number of rotatable bonds is 5. The average Bonchev–Trinajstić information content (AvgIpc) is 2.90. The van der Waals surface area contributed by atoms with Gasteiger partial charge < -0.3 is 19.9 Å². The molecule has 3 aliphatic heterocycles. The number of carbonyl (C=O) groups excluding carboxylic acids is 2. The fourth-order valence-corrected chi connectivity index (χ4v) is 8.53. The van der Waals surface area contributed by atoms with Crippen LogP contribution in [0.2, 0.25) is 0 Å². The molecule has 2 aromatic carbocycles. The molecule has 2 fully saturated rings. The summed E-state index contributed by atoms with van der Waals surface area (Å²) in [5.41, 5.74) is 4.61. The molecule has 0 aromatic heterocycles. The van der Waals surface area contributed by atoms with E-state index >= 15 is 0 Å². The minimum atomic E-state index is -0.586. The van der Waals surface area contributed by atoms with Crippen molar-refractivity contribution in [2.45, 2.75) is 76.6 Å². The molecule has 3 aliphatic rings. The maximum atomic E-state index is 14.0. The Balaban J connectivity index is 1.61. The van der Waals surface area contributed by atoms with Gasteiger partial charge in [-0.25, -0.2) is 9.18 Å². The molecule has 238 valence electrons. The molecular formula is C34H47FN5O3S+. The summed E-state index contributed by atoms with van der Waals surface area (Å²) in [5, 5.41) is 3.42. The summed E-state index contributed by atoms with van der Waals surface area (Å²) in [6.07, 6.45) is 1.41. The molecule has 1 N–H and O–H groups in total. The van der Waals surface area contributed by atoms with Crippen molar-refractivity contribution < 1.29 is 18.7 Å². The van der Waals surface area contributed by atoms with E-state index in [-0.39, 0.29) is 24.0 Å². The third-order valence-corrected chi connectivity index (χ3v) is 10.5. The van der Waals surface area contributed by atoms with Crippen LogP contribution in [0.1, 0.15) is 52.2 Å². The molecule has 0 spiro atoms. The monoisotopic (exact) mass is 624 g/mol. The molecule has 2 amide bonds.